The average Bonchev–Trinajstić information content (AvgIpc) is 2.76. The first-order valence-corrected chi connectivity index (χ1v) is 6.72. The summed E-state index contributed by atoms with van der Waals surface area (Å²) < 4.78 is 0. The van der Waals surface area contributed by atoms with Crippen molar-refractivity contribution in [1.29, 1.82) is 0 Å². The van der Waals surface area contributed by atoms with Crippen molar-refractivity contribution in [2.45, 2.75) is 58.4 Å². The molecule has 0 bridgehead atoms. The maximum atomic E-state index is 11.4. The Morgan fingerprint density at radius 3 is 2.69 bits per heavy atom. The largest absolute Gasteiger partial charge is 0.355 e. The van der Waals surface area contributed by atoms with Crippen LogP contribution in [-0.4, -0.2) is 25.0 Å². The van der Waals surface area contributed by atoms with Crippen LogP contribution < -0.4 is 10.6 Å². The minimum absolute atomic E-state index is 0.125. The van der Waals surface area contributed by atoms with Crippen LogP contribution in [0, 0.1) is 5.92 Å². The lowest BCUT2D eigenvalue weighted by molar-refractivity contribution is -0.120. The van der Waals surface area contributed by atoms with Crippen molar-refractivity contribution in [3.8, 4) is 0 Å². The van der Waals surface area contributed by atoms with Gasteiger partial charge < -0.3 is 10.6 Å². The van der Waals surface area contributed by atoms with Crippen LogP contribution in [0.2, 0.25) is 0 Å². The smallest absolute Gasteiger partial charge is 0.233 e. The number of amides is 1. The molecule has 1 aliphatic rings. The zero-order chi connectivity index (χ0) is 11.8. The first kappa shape index (κ1) is 13.5. The molecule has 1 unspecified atom stereocenters. The van der Waals surface area contributed by atoms with Crippen LogP contribution in [0.4, 0.5) is 0 Å². The van der Waals surface area contributed by atoms with Gasteiger partial charge in [0.25, 0.3) is 0 Å². The Labute approximate surface area is 99.4 Å². The predicted octanol–water partition coefficient (Wildman–Crippen LogP) is 2.07. The molecule has 0 aromatic rings. The molecule has 1 fully saturated rings. The van der Waals surface area contributed by atoms with Crippen molar-refractivity contribution in [2.24, 2.45) is 5.92 Å². The summed E-state index contributed by atoms with van der Waals surface area (Å²) in [5.41, 5.74) is 0. The minimum Gasteiger partial charge on any atom is -0.355 e. The Hall–Kier alpha value is -0.570. The molecule has 0 heterocycles. The van der Waals surface area contributed by atoms with E-state index in [0.29, 0.717) is 12.6 Å². The highest BCUT2D eigenvalue weighted by Gasteiger charge is 2.17. The number of rotatable bonds is 7. The summed E-state index contributed by atoms with van der Waals surface area (Å²) in [6.07, 6.45) is 7.79. The van der Waals surface area contributed by atoms with E-state index in [9.17, 15) is 4.79 Å². The summed E-state index contributed by atoms with van der Waals surface area (Å²) in [4.78, 5) is 11.4. The van der Waals surface area contributed by atoms with Crippen LogP contribution in [0.15, 0.2) is 0 Å². The molecule has 16 heavy (non-hydrogen) atoms. The predicted molar refractivity (Wildman–Crippen MR) is 67.3 cm³/mol. The first-order valence-electron chi connectivity index (χ1n) is 6.72. The molecule has 1 atom stereocenters. The van der Waals surface area contributed by atoms with E-state index < -0.39 is 0 Å². The van der Waals surface area contributed by atoms with Crippen LogP contribution in [0.25, 0.3) is 0 Å². The molecule has 0 saturated heterocycles. The van der Waals surface area contributed by atoms with Gasteiger partial charge in [-0.05, 0) is 25.7 Å². The van der Waals surface area contributed by atoms with E-state index in [2.05, 4.69) is 24.5 Å². The Bertz CT molecular complexity index is 200. The topological polar surface area (TPSA) is 41.1 Å². The molecule has 0 aromatic heterocycles. The van der Waals surface area contributed by atoms with E-state index in [4.69, 9.17) is 0 Å². The second-order valence-electron chi connectivity index (χ2n) is 5.02. The van der Waals surface area contributed by atoms with Gasteiger partial charge in [-0.1, -0.05) is 32.6 Å². The highest BCUT2D eigenvalue weighted by molar-refractivity contribution is 5.77. The van der Waals surface area contributed by atoms with Crippen LogP contribution in [0.1, 0.15) is 52.4 Å². The second kappa shape index (κ2) is 7.66. The molecule has 1 aliphatic carbocycles. The van der Waals surface area contributed by atoms with Gasteiger partial charge in [-0.15, -0.1) is 0 Å². The third kappa shape index (κ3) is 5.50. The summed E-state index contributed by atoms with van der Waals surface area (Å²) in [5, 5.41) is 6.19. The van der Waals surface area contributed by atoms with Crippen molar-refractivity contribution in [3.05, 3.63) is 0 Å². The minimum atomic E-state index is 0.125. The Kier molecular flexibility index (Phi) is 6.46. The molecule has 0 aromatic carbocycles. The van der Waals surface area contributed by atoms with Crippen molar-refractivity contribution < 1.29 is 4.79 Å². The molecule has 1 rings (SSSR count). The molecular formula is C13H26N2O. The van der Waals surface area contributed by atoms with E-state index >= 15 is 0 Å². The molecule has 2 N–H and O–H groups in total. The number of nitrogens with one attached hydrogen (secondary N) is 2. The number of carbonyl (C=O) groups excluding carboxylic acids is 1. The third-order valence-corrected chi connectivity index (χ3v) is 3.34. The number of carbonyl (C=O) groups is 1. The van der Waals surface area contributed by atoms with Gasteiger partial charge in [0.05, 0.1) is 6.54 Å². The van der Waals surface area contributed by atoms with Gasteiger partial charge >= 0.3 is 0 Å². The van der Waals surface area contributed by atoms with E-state index in [1.54, 1.807) is 0 Å². The Balaban J connectivity index is 2.04. The lowest BCUT2D eigenvalue weighted by Gasteiger charge is -2.17. The molecule has 0 aliphatic heterocycles. The first-order chi connectivity index (χ1) is 7.72. The molecule has 3 nitrogen and oxygen atoms in total. The van der Waals surface area contributed by atoms with Gasteiger partial charge in [0, 0.05) is 12.6 Å². The van der Waals surface area contributed by atoms with Gasteiger partial charge in [0.1, 0.15) is 0 Å². The highest BCUT2D eigenvalue weighted by Crippen LogP contribution is 2.28. The maximum absolute atomic E-state index is 11.4. The van der Waals surface area contributed by atoms with Crippen molar-refractivity contribution >= 4 is 5.91 Å². The summed E-state index contributed by atoms with van der Waals surface area (Å²) in [5.74, 6) is 1.02. The fraction of sp³-hybridized carbons (Fsp3) is 0.923. The number of hydrogen-bond donors (Lipinski definition) is 2. The van der Waals surface area contributed by atoms with Crippen LogP contribution in [-0.2, 0) is 4.79 Å². The lowest BCUT2D eigenvalue weighted by Crippen LogP contribution is -2.38. The monoisotopic (exact) mass is 226 g/mol. The fourth-order valence-electron chi connectivity index (χ4n) is 2.42. The summed E-state index contributed by atoms with van der Waals surface area (Å²) in [6, 6.07) is 0.468. The van der Waals surface area contributed by atoms with Gasteiger partial charge in [0.15, 0.2) is 0 Å². The Morgan fingerprint density at radius 2 is 2.06 bits per heavy atom. The van der Waals surface area contributed by atoms with Gasteiger partial charge in [0.2, 0.25) is 5.91 Å². The van der Waals surface area contributed by atoms with Crippen molar-refractivity contribution in [3.63, 3.8) is 0 Å². The molecule has 3 heteroatoms. The maximum Gasteiger partial charge on any atom is 0.233 e. The molecule has 1 amide bonds. The van der Waals surface area contributed by atoms with Crippen molar-refractivity contribution in [2.75, 3.05) is 13.1 Å². The van der Waals surface area contributed by atoms with Crippen LogP contribution >= 0.6 is 0 Å². The highest BCUT2D eigenvalue weighted by atomic mass is 16.1. The lowest BCUT2D eigenvalue weighted by atomic mass is 9.99. The van der Waals surface area contributed by atoms with Crippen LogP contribution in [0.5, 0.6) is 0 Å². The average molecular weight is 226 g/mol. The van der Waals surface area contributed by atoms with Crippen LogP contribution in [0.3, 0.4) is 0 Å². The zero-order valence-corrected chi connectivity index (χ0v) is 10.7. The van der Waals surface area contributed by atoms with E-state index in [1.165, 1.54) is 32.1 Å². The van der Waals surface area contributed by atoms with Crippen molar-refractivity contribution in [1.82, 2.24) is 10.6 Å². The van der Waals surface area contributed by atoms with E-state index in [0.717, 1.165) is 18.9 Å². The summed E-state index contributed by atoms with van der Waals surface area (Å²) >= 11 is 0. The summed E-state index contributed by atoms with van der Waals surface area (Å²) in [7, 11) is 0. The fourth-order valence-corrected chi connectivity index (χ4v) is 2.42. The van der Waals surface area contributed by atoms with Gasteiger partial charge in [-0.3, -0.25) is 4.79 Å². The standard InChI is InChI=1S/C13H26N2O/c1-3-8-14-13(16)10-15-11(2)9-12-6-4-5-7-12/h11-12,15H,3-10H2,1-2H3,(H,14,16). The molecule has 94 valence electrons. The van der Waals surface area contributed by atoms with Gasteiger partial charge in [-0.25, -0.2) is 0 Å². The molecular weight excluding hydrogens is 200 g/mol. The molecule has 0 radical (unpaired) electrons. The van der Waals surface area contributed by atoms with E-state index in [-0.39, 0.29) is 5.91 Å². The molecule has 1 saturated carbocycles. The normalized spacial score (nSPS) is 18.6. The molecule has 0 spiro atoms. The third-order valence-electron chi connectivity index (χ3n) is 3.34. The SMILES string of the molecule is CCCNC(=O)CNC(C)CC1CCCC1. The quantitative estimate of drug-likeness (QED) is 0.698. The summed E-state index contributed by atoms with van der Waals surface area (Å²) in [6.45, 7) is 5.51. The second-order valence-corrected chi connectivity index (χ2v) is 5.02. The van der Waals surface area contributed by atoms with E-state index in [1.807, 2.05) is 0 Å². The zero-order valence-electron chi connectivity index (χ0n) is 10.7. The van der Waals surface area contributed by atoms with Gasteiger partial charge in [-0.2, -0.15) is 0 Å². The Morgan fingerprint density at radius 1 is 1.38 bits per heavy atom. The number of hydrogen-bond acceptors (Lipinski definition) is 2.